The number of carbonyl (C=O) groups excluding carboxylic acids is 2. The molecule has 4 nitrogen and oxygen atoms in total. The van der Waals surface area contributed by atoms with Crippen LogP contribution in [0.3, 0.4) is 0 Å². The Morgan fingerprint density at radius 1 is 1.00 bits per heavy atom. The summed E-state index contributed by atoms with van der Waals surface area (Å²) in [5, 5.41) is 0. The van der Waals surface area contributed by atoms with Crippen molar-refractivity contribution >= 4 is 11.8 Å². The van der Waals surface area contributed by atoms with Crippen LogP contribution in [0.4, 0.5) is 0 Å². The maximum atomic E-state index is 13.0. The summed E-state index contributed by atoms with van der Waals surface area (Å²) in [4.78, 5) is 29.5. The maximum absolute atomic E-state index is 13.0. The molecule has 25 heavy (non-hydrogen) atoms. The average molecular weight is 344 g/mol. The second kappa shape index (κ2) is 9.02. The highest BCUT2D eigenvalue weighted by molar-refractivity contribution is 5.92. The Labute approximate surface area is 152 Å². The Bertz CT molecular complexity index is 565. The van der Waals surface area contributed by atoms with E-state index in [-0.39, 0.29) is 29.7 Å². The molecule has 4 heteroatoms. The van der Waals surface area contributed by atoms with Gasteiger partial charge in [0.2, 0.25) is 11.8 Å². The predicted molar refractivity (Wildman–Crippen MR) is 101 cm³/mol. The van der Waals surface area contributed by atoms with Gasteiger partial charge in [-0.05, 0) is 38.7 Å². The van der Waals surface area contributed by atoms with E-state index in [0.717, 1.165) is 31.5 Å². The Balaban J connectivity index is 2.00. The summed E-state index contributed by atoms with van der Waals surface area (Å²) in [6.45, 7) is 10.5. The van der Waals surface area contributed by atoms with Crippen LogP contribution in [-0.2, 0) is 16.1 Å². The molecule has 0 heterocycles. The highest BCUT2D eigenvalue weighted by Crippen LogP contribution is 2.42. The van der Waals surface area contributed by atoms with Crippen molar-refractivity contribution in [1.29, 1.82) is 0 Å². The molecular formula is C21H32N2O2. The lowest BCUT2D eigenvalue weighted by Gasteiger charge is -2.27. The van der Waals surface area contributed by atoms with E-state index in [9.17, 15) is 9.59 Å². The minimum Gasteiger partial charge on any atom is -0.342 e. The first-order valence-corrected chi connectivity index (χ1v) is 9.62. The van der Waals surface area contributed by atoms with Crippen molar-refractivity contribution in [1.82, 2.24) is 9.80 Å². The monoisotopic (exact) mass is 344 g/mol. The van der Waals surface area contributed by atoms with Gasteiger partial charge in [-0.1, -0.05) is 44.2 Å². The van der Waals surface area contributed by atoms with Crippen molar-refractivity contribution < 1.29 is 9.59 Å². The van der Waals surface area contributed by atoms with Crippen molar-refractivity contribution in [2.75, 3.05) is 13.1 Å². The Kier molecular flexibility index (Phi) is 7.03. The molecule has 138 valence electrons. The van der Waals surface area contributed by atoms with E-state index < -0.39 is 0 Å². The molecule has 0 spiro atoms. The first-order valence-electron chi connectivity index (χ1n) is 9.62. The summed E-state index contributed by atoms with van der Waals surface area (Å²) in [6.07, 6.45) is 2.63. The van der Waals surface area contributed by atoms with E-state index >= 15 is 0 Å². The third kappa shape index (κ3) is 5.07. The molecule has 0 saturated heterocycles. The number of hydrogen-bond acceptors (Lipinski definition) is 2. The Morgan fingerprint density at radius 2 is 1.56 bits per heavy atom. The molecular weight excluding hydrogens is 312 g/mol. The van der Waals surface area contributed by atoms with E-state index in [2.05, 4.69) is 13.8 Å². The molecule has 0 radical (unpaired) electrons. The third-order valence-corrected chi connectivity index (χ3v) is 4.83. The van der Waals surface area contributed by atoms with Crippen LogP contribution in [-0.4, -0.2) is 40.7 Å². The third-order valence-electron chi connectivity index (χ3n) is 4.83. The molecule has 1 fully saturated rings. The van der Waals surface area contributed by atoms with Crippen molar-refractivity contribution in [2.45, 2.75) is 59.5 Å². The van der Waals surface area contributed by atoms with E-state index in [1.165, 1.54) is 0 Å². The summed E-state index contributed by atoms with van der Waals surface area (Å²) in [6, 6.07) is 10.2. The topological polar surface area (TPSA) is 40.6 Å². The molecule has 2 atom stereocenters. The number of hydrogen-bond donors (Lipinski definition) is 0. The molecule has 1 saturated carbocycles. The number of amides is 2. The van der Waals surface area contributed by atoms with Gasteiger partial charge in [0.05, 0.1) is 11.8 Å². The SMILES string of the molecule is CCCN(CCC)C(=O)C1CC1C(=O)N(Cc1ccccc1)C(C)C. The molecule has 2 rings (SSSR count). The van der Waals surface area contributed by atoms with E-state index in [4.69, 9.17) is 0 Å². The lowest BCUT2D eigenvalue weighted by molar-refractivity contribution is -0.139. The van der Waals surface area contributed by atoms with Crippen LogP contribution < -0.4 is 0 Å². The lowest BCUT2D eigenvalue weighted by atomic mass is 10.1. The maximum Gasteiger partial charge on any atom is 0.227 e. The summed E-state index contributed by atoms with van der Waals surface area (Å²) < 4.78 is 0. The van der Waals surface area contributed by atoms with Crippen LogP contribution in [0.2, 0.25) is 0 Å². The van der Waals surface area contributed by atoms with Crippen LogP contribution in [0.5, 0.6) is 0 Å². The molecule has 1 aliphatic rings. The summed E-state index contributed by atoms with van der Waals surface area (Å²) in [7, 11) is 0. The fourth-order valence-electron chi connectivity index (χ4n) is 3.36. The minimum atomic E-state index is -0.130. The average Bonchev–Trinajstić information content (AvgIpc) is 3.39. The molecule has 2 amide bonds. The van der Waals surface area contributed by atoms with Gasteiger partial charge >= 0.3 is 0 Å². The molecule has 2 unspecified atom stereocenters. The number of carbonyl (C=O) groups is 2. The minimum absolute atomic E-state index is 0.109. The summed E-state index contributed by atoms with van der Waals surface area (Å²) >= 11 is 0. The highest BCUT2D eigenvalue weighted by atomic mass is 16.2. The van der Waals surface area contributed by atoms with Crippen LogP contribution in [0.1, 0.15) is 52.5 Å². The summed E-state index contributed by atoms with van der Waals surface area (Å²) in [5.74, 6) is 0.0630. The Morgan fingerprint density at radius 3 is 2.08 bits per heavy atom. The van der Waals surface area contributed by atoms with Crippen LogP contribution in [0.25, 0.3) is 0 Å². The quantitative estimate of drug-likeness (QED) is 0.685. The van der Waals surface area contributed by atoms with Gasteiger partial charge in [-0.2, -0.15) is 0 Å². The van der Waals surface area contributed by atoms with Gasteiger partial charge in [0.1, 0.15) is 0 Å². The van der Waals surface area contributed by atoms with Gasteiger partial charge in [0.25, 0.3) is 0 Å². The van der Waals surface area contributed by atoms with Crippen molar-refractivity contribution in [2.24, 2.45) is 11.8 Å². The molecule has 0 bridgehead atoms. The number of nitrogens with zero attached hydrogens (tertiary/aromatic N) is 2. The second-order valence-corrected chi connectivity index (χ2v) is 7.32. The van der Waals surface area contributed by atoms with Crippen molar-refractivity contribution in [3.63, 3.8) is 0 Å². The fraction of sp³-hybridized carbons (Fsp3) is 0.619. The van der Waals surface area contributed by atoms with Gasteiger partial charge in [-0.3, -0.25) is 9.59 Å². The van der Waals surface area contributed by atoms with Crippen LogP contribution in [0, 0.1) is 11.8 Å². The van der Waals surface area contributed by atoms with Gasteiger partial charge in [-0.15, -0.1) is 0 Å². The van der Waals surface area contributed by atoms with Crippen LogP contribution >= 0.6 is 0 Å². The van der Waals surface area contributed by atoms with Gasteiger partial charge < -0.3 is 9.80 Å². The largest absolute Gasteiger partial charge is 0.342 e. The molecule has 0 aromatic heterocycles. The fourth-order valence-corrected chi connectivity index (χ4v) is 3.36. The number of benzene rings is 1. The normalized spacial score (nSPS) is 18.9. The zero-order valence-corrected chi connectivity index (χ0v) is 16.1. The smallest absolute Gasteiger partial charge is 0.227 e. The molecule has 1 aliphatic carbocycles. The highest BCUT2D eigenvalue weighted by Gasteiger charge is 2.50. The van der Waals surface area contributed by atoms with Gasteiger partial charge in [-0.25, -0.2) is 0 Å². The Hall–Kier alpha value is -1.84. The van der Waals surface area contributed by atoms with Gasteiger partial charge in [0, 0.05) is 25.7 Å². The summed E-state index contributed by atoms with van der Waals surface area (Å²) in [5.41, 5.74) is 1.13. The molecule has 0 N–H and O–H groups in total. The zero-order valence-electron chi connectivity index (χ0n) is 16.1. The van der Waals surface area contributed by atoms with Gasteiger partial charge in [0.15, 0.2) is 0 Å². The predicted octanol–water partition coefficient (Wildman–Crippen LogP) is 3.71. The van der Waals surface area contributed by atoms with Crippen molar-refractivity contribution in [3.05, 3.63) is 35.9 Å². The number of rotatable bonds is 9. The second-order valence-electron chi connectivity index (χ2n) is 7.32. The molecule has 1 aromatic carbocycles. The van der Waals surface area contributed by atoms with E-state index in [1.807, 2.05) is 54.0 Å². The molecule has 0 aliphatic heterocycles. The standard InChI is InChI=1S/C21H32N2O2/c1-5-12-22(13-6-2)20(24)18-14-19(18)21(25)23(16(3)4)15-17-10-8-7-9-11-17/h7-11,16,18-19H,5-6,12-15H2,1-4H3. The molecule has 1 aromatic rings. The zero-order chi connectivity index (χ0) is 18.4. The van der Waals surface area contributed by atoms with Crippen LogP contribution in [0.15, 0.2) is 30.3 Å². The van der Waals surface area contributed by atoms with E-state index in [0.29, 0.717) is 13.0 Å². The first kappa shape index (κ1) is 19.5. The first-order chi connectivity index (χ1) is 12.0. The van der Waals surface area contributed by atoms with E-state index in [1.54, 1.807) is 0 Å². The van der Waals surface area contributed by atoms with Crippen molar-refractivity contribution in [3.8, 4) is 0 Å². The lowest BCUT2D eigenvalue weighted by Crippen LogP contribution is -2.39.